The third kappa shape index (κ3) is 3.21. The molecule has 0 saturated heterocycles. The summed E-state index contributed by atoms with van der Waals surface area (Å²) in [6.45, 7) is 2.29. The van der Waals surface area contributed by atoms with Crippen LogP contribution in [-0.4, -0.2) is 27.0 Å². The highest BCUT2D eigenvalue weighted by Gasteiger charge is 2.14. The van der Waals surface area contributed by atoms with Gasteiger partial charge in [0, 0.05) is 11.1 Å². The monoisotopic (exact) mass is 293 g/mol. The van der Waals surface area contributed by atoms with Crippen LogP contribution in [0.5, 0.6) is 0 Å². The fourth-order valence-corrected chi connectivity index (χ4v) is 2.43. The van der Waals surface area contributed by atoms with E-state index in [0.717, 1.165) is 18.5 Å². The van der Waals surface area contributed by atoms with Crippen molar-refractivity contribution in [1.29, 1.82) is 0 Å². The van der Waals surface area contributed by atoms with Gasteiger partial charge >= 0.3 is 0 Å². The van der Waals surface area contributed by atoms with E-state index < -0.39 is 5.91 Å². The fraction of sp³-hybridized carbons (Fsp3) is 0.333. The average molecular weight is 293 g/mol. The maximum atomic E-state index is 12.0. The van der Waals surface area contributed by atoms with Gasteiger partial charge in [-0.2, -0.15) is 5.10 Å². The van der Waals surface area contributed by atoms with Gasteiger partial charge in [0.05, 0.1) is 18.3 Å². The van der Waals surface area contributed by atoms with Crippen molar-refractivity contribution in [2.24, 2.45) is 5.73 Å². The van der Waals surface area contributed by atoms with E-state index in [9.17, 15) is 9.59 Å². The number of nitrogens with two attached hydrogens (primary N) is 1. The number of thiazole rings is 1. The van der Waals surface area contributed by atoms with Gasteiger partial charge in [0.2, 0.25) is 0 Å². The van der Waals surface area contributed by atoms with Crippen molar-refractivity contribution in [1.82, 2.24) is 20.5 Å². The Hall–Kier alpha value is -2.22. The third-order valence-corrected chi connectivity index (χ3v) is 3.52. The summed E-state index contributed by atoms with van der Waals surface area (Å²) in [6, 6.07) is 0. The molecule has 2 amide bonds. The molecule has 2 rings (SSSR count). The largest absolute Gasteiger partial charge is 0.364 e. The summed E-state index contributed by atoms with van der Waals surface area (Å²) in [7, 11) is 0. The van der Waals surface area contributed by atoms with Crippen LogP contribution < -0.4 is 11.1 Å². The minimum Gasteiger partial charge on any atom is -0.364 e. The lowest BCUT2D eigenvalue weighted by molar-refractivity contribution is 0.0949. The molecule has 0 atom stereocenters. The molecule has 0 bridgehead atoms. The Labute approximate surface area is 119 Å². The summed E-state index contributed by atoms with van der Waals surface area (Å²) in [5, 5.41) is 11.7. The maximum Gasteiger partial charge on any atom is 0.268 e. The molecule has 2 aromatic rings. The number of nitrogens with zero attached hydrogens (tertiary/aromatic N) is 2. The Morgan fingerprint density at radius 1 is 1.50 bits per heavy atom. The fourth-order valence-electron chi connectivity index (χ4n) is 1.71. The Balaban J connectivity index is 1.97. The number of hydrogen-bond donors (Lipinski definition) is 3. The molecule has 0 aliphatic heterocycles. The molecule has 20 heavy (non-hydrogen) atoms. The lowest BCUT2D eigenvalue weighted by Crippen LogP contribution is -2.23. The second kappa shape index (κ2) is 6.29. The number of carbonyl (C=O) groups excluding carboxylic acids is 2. The minimum absolute atomic E-state index is 0.210. The number of amides is 2. The van der Waals surface area contributed by atoms with Crippen LogP contribution >= 0.6 is 11.3 Å². The number of aromatic nitrogens is 3. The third-order valence-electron chi connectivity index (χ3n) is 2.67. The van der Waals surface area contributed by atoms with Gasteiger partial charge < -0.3 is 11.1 Å². The van der Waals surface area contributed by atoms with E-state index in [1.54, 1.807) is 5.38 Å². The van der Waals surface area contributed by atoms with E-state index in [2.05, 4.69) is 20.5 Å². The molecule has 0 fully saturated rings. The van der Waals surface area contributed by atoms with Crippen LogP contribution in [0, 0.1) is 0 Å². The molecule has 0 aromatic carbocycles. The predicted octanol–water partition coefficient (Wildman–Crippen LogP) is 0.848. The van der Waals surface area contributed by atoms with E-state index in [1.165, 1.54) is 17.5 Å². The molecule has 7 nitrogen and oxygen atoms in total. The molecule has 0 unspecified atom stereocenters. The Morgan fingerprint density at radius 2 is 2.30 bits per heavy atom. The first-order valence-electron chi connectivity index (χ1n) is 6.16. The molecule has 0 spiro atoms. The molecule has 2 heterocycles. The van der Waals surface area contributed by atoms with Crippen molar-refractivity contribution >= 4 is 23.2 Å². The van der Waals surface area contributed by atoms with Gasteiger partial charge in [-0.25, -0.2) is 4.98 Å². The standard InChI is InChI=1S/C12H15N5O2S/c1-2-3-8-7(4-15-17-8)12(19)14-5-10-16-9(6-20-10)11(13)18/h4,6H,2-3,5H2,1H3,(H2,13,18)(H,14,19)(H,15,17). The number of aromatic amines is 1. The number of rotatable bonds is 6. The van der Waals surface area contributed by atoms with Crippen LogP contribution in [-0.2, 0) is 13.0 Å². The van der Waals surface area contributed by atoms with Crippen LogP contribution in [0.1, 0.15) is 44.9 Å². The van der Waals surface area contributed by atoms with Crippen LogP contribution in [0.25, 0.3) is 0 Å². The quantitative estimate of drug-likeness (QED) is 0.732. The van der Waals surface area contributed by atoms with Crippen molar-refractivity contribution in [3.8, 4) is 0 Å². The second-order valence-electron chi connectivity index (χ2n) is 4.19. The van der Waals surface area contributed by atoms with Crippen LogP contribution in [0.2, 0.25) is 0 Å². The van der Waals surface area contributed by atoms with Crippen molar-refractivity contribution < 1.29 is 9.59 Å². The summed E-state index contributed by atoms with van der Waals surface area (Å²) in [6.07, 6.45) is 3.21. The average Bonchev–Trinajstić information content (AvgIpc) is 3.05. The zero-order valence-electron chi connectivity index (χ0n) is 11.0. The van der Waals surface area contributed by atoms with E-state index in [-0.39, 0.29) is 18.1 Å². The summed E-state index contributed by atoms with van der Waals surface area (Å²) in [5.74, 6) is -0.781. The normalized spacial score (nSPS) is 10.4. The second-order valence-corrected chi connectivity index (χ2v) is 5.13. The van der Waals surface area contributed by atoms with Gasteiger partial charge in [0.15, 0.2) is 0 Å². The van der Waals surface area contributed by atoms with Gasteiger partial charge in [-0.05, 0) is 6.42 Å². The van der Waals surface area contributed by atoms with Gasteiger partial charge in [0.1, 0.15) is 10.7 Å². The molecule has 0 saturated carbocycles. The number of aryl methyl sites for hydroxylation is 1. The molecular weight excluding hydrogens is 278 g/mol. The number of nitrogens with one attached hydrogen (secondary N) is 2. The summed E-state index contributed by atoms with van der Waals surface area (Å²) >= 11 is 1.28. The van der Waals surface area contributed by atoms with Crippen molar-refractivity contribution in [3.63, 3.8) is 0 Å². The highest BCUT2D eigenvalue weighted by atomic mass is 32.1. The summed E-state index contributed by atoms with van der Waals surface area (Å²) < 4.78 is 0. The number of carbonyl (C=O) groups is 2. The number of H-pyrrole nitrogens is 1. The molecule has 4 N–H and O–H groups in total. The molecular formula is C12H15N5O2S. The van der Waals surface area contributed by atoms with Crippen LogP contribution in [0.3, 0.4) is 0 Å². The molecule has 0 radical (unpaired) electrons. The highest BCUT2D eigenvalue weighted by molar-refractivity contribution is 7.09. The number of hydrogen-bond acceptors (Lipinski definition) is 5. The zero-order valence-corrected chi connectivity index (χ0v) is 11.8. The molecule has 0 aliphatic rings. The smallest absolute Gasteiger partial charge is 0.268 e. The first-order valence-corrected chi connectivity index (χ1v) is 7.04. The topological polar surface area (TPSA) is 114 Å². The van der Waals surface area contributed by atoms with E-state index in [0.29, 0.717) is 10.6 Å². The van der Waals surface area contributed by atoms with E-state index in [1.807, 2.05) is 6.92 Å². The Kier molecular flexibility index (Phi) is 4.46. The maximum absolute atomic E-state index is 12.0. The summed E-state index contributed by atoms with van der Waals surface area (Å²) in [5.41, 5.74) is 6.70. The zero-order chi connectivity index (χ0) is 14.5. The van der Waals surface area contributed by atoms with Gasteiger partial charge in [0.25, 0.3) is 11.8 Å². The minimum atomic E-state index is -0.570. The van der Waals surface area contributed by atoms with E-state index >= 15 is 0 Å². The van der Waals surface area contributed by atoms with Crippen LogP contribution in [0.15, 0.2) is 11.6 Å². The van der Waals surface area contributed by atoms with Crippen molar-refractivity contribution in [3.05, 3.63) is 33.5 Å². The molecule has 8 heteroatoms. The Bertz CT molecular complexity index is 619. The number of primary amides is 1. The first-order chi connectivity index (χ1) is 9.61. The highest BCUT2D eigenvalue weighted by Crippen LogP contribution is 2.10. The molecule has 0 aliphatic carbocycles. The van der Waals surface area contributed by atoms with Gasteiger partial charge in [-0.3, -0.25) is 14.7 Å². The van der Waals surface area contributed by atoms with Gasteiger partial charge in [-0.15, -0.1) is 11.3 Å². The van der Waals surface area contributed by atoms with Gasteiger partial charge in [-0.1, -0.05) is 13.3 Å². The predicted molar refractivity (Wildman–Crippen MR) is 74.4 cm³/mol. The SMILES string of the molecule is CCCc1[nH]ncc1C(=O)NCc1nc(C(N)=O)cs1. The Morgan fingerprint density at radius 3 is 2.95 bits per heavy atom. The lowest BCUT2D eigenvalue weighted by Gasteiger charge is -2.03. The molecule has 2 aromatic heterocycles. The van der Waals surface area contributed by atoms with Crippen molar-refractivity contribution in [2.75, 3.05) is 0 Å². The lowest BCUT2D eigenvalue weighted by atomic mass is 10.1. The summed E-state index contributed by atoms with van der Waals surface area (Å²) in [4.78, 5) is 27.0. The van der Waals surface area contributed by atoms with E-state index in [4.69, 9.17) is 5.73 Å². The van der Waals surface area contributed by atoms with Crippen LogP contribution in [0.4, 0.5) is 0 Å². The molecule has 106 valence electrons. The first kappa shape index (κ1) is 14.2. The van der Waals surface area contributed by atoms with Crippen molar-refractivity contribution in [2.45, 2.75) is 26.3 Å².